The maximum Gasteiger partial charge on any atom is 0.352 e. The summed E-state index contributed by atoms with van der Waals surface area (Å²) < 4.78 is 4.91. The molecule has 2 unspecified atom stereocenters. The Morgan fingerprint density at radius 1 is 1.50 bits per heavy atom. The van der Waals surface area contributed by atoms with Crippen LogP contribution in [0.3, 0.4) is 0 Å². The molecule has 0 saturated carbocycles. The van der Waals surface area contributed by atoms with Crippen LogP contribution in [0, 0.1) is 6.92 Å². The topological polar surface area (TPSA) is 180 Å². The van der Waals surface area contributed by atoms with Crippen LogP contribution in [0.4, 0.5) is 0 Å². The van der Waals surface area contributed by atoms with Crippen LogP contribution >= 0.6 is 23.5 Å². The fourth-order valence-electron chi connectivity index (χ4n) is 3.16. The van der Waals surface area contributed by atoms with Gasteiger partial charge in [0, 0.05) is 11.0 Å². The van der Waals surface area contributed by atoms with Crippen molar-refractivity contribution in [3.63, 3.8) is 0 Å². The molecule has 1 saturated heterocycles. The highest BCUT2D eigenvalue weighted by atomic mass is 32.2. The number of nitrogens with zero attached hydrogens (tertiary/aromatic N) is 6. The van der Waals surface area contributed by atoms with Gasteiger partial charge in [-0.05, 0) is 24.6 Å². The molecule has 0 radical (unpaired) electrons. The van der Waals surface area contributed by atoms with Gasteiger partial charge in [-0.1, -0.05) is 16.9 Å². The van der Waals surface area contributed by atoms with Crippen LogP contribution in [0.15, 0.2) is 20.9 Å². The summed E-state index contributed by atoms with van der Waals surface area (Å²) in [6.07, 6.45) is -0.159. The average molecular weight is 452 g/mol. The first-order valence-electron chi connectivity index (χ1n) is 8.74. The number of carboxylic acid groups (broad SMARTS) is 1. The number of tetrazole rings is 1. The number of H-pyrrole nitrogens is 1. The van der Waals surface area contributed by atoms with Crippen molar-refractivity contribution in [3.8, 4) is 0 Å². The van der Waals surface area contributed by atoms with Crippen LogP contribution in [0.25, 0.3) is 0 Å². The van der Waals surface area contributed by atoms with E-state index < -0.39 is 29.2 Å². The highest BCUT2D eigenvalue weighted by molar-refractivity contribution is 8.01. The van der Waals surface area contributed by atoms with Crippen molar-refractivity contribution in [1.82, 2.24) is 41.0 Å². The molecule has 0 bridgehead atoms. The molecule has 4 heterocycles. The molecule has 1 fully saturated rings. The van der Waals surface area contributed by atoms with Crippen molar-refractivity contribution in [2.75, 3.05) is 5.75 Å². The number of fused-ring (bicyclic) bond motifs is 1. The number of aryl methyl sites for hydroxylation is 1. The second-order valence-corrected chi connectivity index (χ2v) is 8.91. The van der Waals surface area contributed by atoms with Gasteiger partial charge < -0.3 is 14.9 Å². The SMILES string of the molecule is Cc1noc(CC(=O)NC2C(=O)N3C(C(=O)O)=C(C(C)Sc4nn[nH]n4)CS[C@@H]23)n1. The first-order valence-corrected chi connectivity index (χ1v) is 10.7. The minimum absolute atomic E-state index is 0.0646. The van der Waals surface area contributed by atoms with E-state index in [0.29, 0.717) is 22.3 Å². The van der Waals surface area contributed by atoms with Gasteiger partial charge in [0.15, 0.2) is 5.82 Å². The Labute approximate surface area is 177 Å². The molecular formula is C15H16N8O5S2. The van der Waals surface area contributed by atoms with Gasteiger partial charge in [-0.3, -0.25) is 14.5 Å². The summed E-state index contributed by atoms with van der Waals surface area (Å²) in [6, 6.07) is -0.817. The Morgan fingerprint density at radius 2 is 2.30 bits per heavy atom. The van der Waals surface area contributed by atoms with Gasteiger partial charge in [0.25, 0.3) is 5.91 Å². The van der Waals surface area contributed by atoms with Gasteiger partial charge in [0.2, 0.25) is 17.0 Å². The van der Waals surface area contributed by atoms with Crippen LogP contribution in [-0.2, 0) is 20.8 Å². The van der Waals surface area contributed by atoms with Crippen LogP contribution < -0.4 is 5.32 Å². The minimum Gasteiger partial charge on any atom is -0.477 e. The average Bonchev–Trinajstić information content (AvgIpc) is 3.36. The minimum atomic E-state index is -1.20. The number of aliphatic carboxylic acids is 1. The number of aromatic amines is 1. The zero-order chi connectivity index (χ0) is 21.4. The van der Waals surface area contributed by atoms with E-state index in [0.717, 1.165) is 0 Å². The summed E-state index contributed by atoms with van der Waals surface area (Å²) in [4.78, 5) is 42.0. The first-order chi connectivity index (χ1) is 14.3. The fourth-order valence-corrected chi connectivity index (χ4v) is 5.57. The number of carbonyl (C=O) groups is 3. The zero-order valence-electron chi connectivity index (χ0n) is 15.7. The number of nitrogens with one attached hydrogen (secondary N) is 2. The summed E-state index contributed by atoms with van der Waals surface area (Å²) >= 11 is 2.63. The summed E-state index contributed by atoms with van der Waals surface area (Å²) in [6.45, 7) is 3.45. The monoisotopic (exact) mass is 452 g/mol. The van der Waals surface area contributed by atoms with E-state index in [1.807, 2.05) is 6.92 Å². The lowest BCUT2D eigenvalue weighted by Gasteiger charge is -2.50. The summed E-state index contributed by atoms with van der Waals surface area (Å²) in [5.41, 5.74) is 0.517. The standard InChI is InChI=1S/C15H16N8O5S2/c1-5(30-15-18-21-22-19-15)7-4-29-13-10(12(25)23(13)11(7)14(26)27)17-8(24)3-9-16-6(2)20-28-9/h5,10,13H,3-4H2,1-2H3,(H,17,24)(H,26,27)(H,18,19,21,22)/t5?,10?,13-/m0/s1. The molecule has 2 aromatic heterocycles. The highest BCUT2D eigenvalue weighted by Gasteiger charge is 2.54. The molecule has 0 aliphatic carbocycles. The molecule has 2 amide bonds. The molecule has 15 heteroatoms. The van der Waals surface area contributed by atoms with Crippen molar-refractivity contribution in [3.05, 3.63) is 23.0 Å². The lowest BCUT2D eigenvalue weighted by atomic mass is 10.0. The van der Waals surface area contributed by atoms with E-state index >= 15 is 0 Å². The highest BCUT2D eigenvalue weighted by Crippen LogP contribution is 2.43. The Kier molecular flexibility index (Phi) is 5.46. The van der Waals surface area contributed by atoms with E-state index in [-0.39, 0.29) is 23.3 Å². The molecule has 158 valence electrons. The number of thioether (sulfide) groups is 2. The van der Waals surface area contributed by atoms with E-state index in [1.54, 1.807) is 6.92 Å². The normalized spacial score (nSPS) is 21.8. The Bertz CT molecular complexity index is 1020. The third kappa shape index (κ3) is 3.77. The molecule has 4 rings (SSSR count). The number of β-lactam (4-membered cyclic amide) rings is 1. The second kappa shape index (κ2) is 8.06. The molecule has 13 nitrogen and oxygen atoms in total. The molecule has 0 spiro atoms. The van der Waals surface area contributed by atoms with Crippen LogP contribution in [0.5, 0.6) is 0 Å². The molecule has 30 heavy (non-hydrogen) atoms. The van der Waals surface area contributed by atoms with Gasteiger partial charge in [0.1, 0.15) is 23.5 Å². The number of hydrogen-bond acceptors (Lipinski definition) is 11. The van der Waals surface area contributed by atoms with E-state index in [2.05, 4.69) is 36.1 Å². The van der Waals surface area contributed by atoms with Gasteiger partial charge >= 0.3 is 5.97 Å². The smallest absolute Gasteiger partial charge is 0.352 e. The predicted molar refractivity (Wildman–Crippen MR) is 102 cm³/mol. The van der Waals surface area contributed by atoms with Crippen molar-refractivity contribution >= 4 is 41.3 Å². The van der Waals surface area contributed by atoms with Gasteiger partial charge in [-0.25, -0.2) is 4.79 Å². The number of rotatable bonds is 7. The van der Waals surface area contributed by atoms with Crippen molar-refractivity contribution in [2.45, 2.75) is 42.1 Å². The lowest BCUT2D eigenvalue weighted by molar-refractivity contribution is -0.150. The molecule has 2 aliphatic heterocycles. The maximum atomic E-state index is 12.7. The molecule has 2 aromatic rings. The Balaban J connectivity index is 1.47. The predicted octanol–water partition coefficient (Wildman–Crippen LogP) is -0.647. The number of aromatic nitrogens is 6. The fraction of sp³-hybridized carbons (Fsp3) is 0.467. The molecular weight excluding hydrogens is 436 g/mol. The zero-order valence-corrected chi connectivity index (χ0v) is 17.4. The molecule has 2 aliphatic rings. The number of carboxylic acids is 1. The van der Waals surface area contributed by atoms with Crippen LogP contribution in [-0.4, -0.2) is 81.0 Å². The largest absolute Gasteiger partial charge is 0.477 e. The van der Waals surface area contributed by atoms with Crippen molar-refractivity contribution < 1.29 is 24.0 Å². The molecule has 3 atom stereocenters. The summed E-state index contributed by atoms with van der Waals surface area (Å²) in [5.74, 6) is -1.19. The number of carbonyl (C=O) groups excluding carboxylic acids is 2. The molecule has 3 N–H and O–H groups in total. The van der Waals surface area contributed by atoms with Crippen LogP contribution in [0.2, 0.25) is 0 Å². The first kappa shape index (κ1) is 20.3. The Morgan fingerprint density at radius 3 is 2.93 bits per heavy atom. The van der Waals surface area contributed by atoms with Crippen molar-refractivity contribution in [1.29, 1.82) is 0 Å². The van der Waals surface area contributed by atoms with E-state index in [9.17, 15) is 19.5 Å². The van der Waals surface area contributed by atoms with Crippen molar-refractivity contribution in [2.24, 2.45) is 0 Å². The third-order valence-electron chi connectivity index (χ3n) is 4.50. The maximum absolute atomic E-state index is 12.7. The van der Waals surface area contributed by atoms with Gasteiger partial charge in [-0.2, -0.15) is 10.2 Å². The quantitative estimate of drug-likeness (QED) is 0.357. The third-order valence-corrected chi connectivity index (χ3v) is 6.82. The number of hydrogen-bond donors (Lipinski definition) is 3. The molecule has 0 aromatic carbocycles. The lowest BCUT2D eigenvalue weighted by Crippen LogP contribution is -2.70. The summed E-state index contributed by atoms with van der Waals surface area (Å²) in [7, 11) is 0. The summed E-state index contributed by atoms with van der Waals surface area (Å²) in [5, 5.41) is 29.1. The van der Waals surface area contributed by atoms with Gasteiger partial charge in [-0.15, -0.1) is 22.0 Å². The van der Waals surface area contributed by atoms with E-state index in [4.69, 9.17) is 4.52 Å². The number of amides is 2. The Hall–Kier alpha value is -2.94. The van der Waals surface area contributed by atoms with Gasteiger partial charge in [0.05, 0.1) is 0 Å². The van der Waals surface area contributed by atoms with E-state index in [1.165, 1.54) is 28.4 Å². The second-order valence-electron chi connectivity index (χ2n) is 6.50. The van der Waals surface area contributed by atoms with Crippen LogP contribution in [0.1, 0.15) is 18.6 Å².